The molecule has 1 aliphatic heterocycles. The highest BCUT2D eigenvalue weighted by atomic mass is 31.2. The predicted octanol–water partition coefficient (Wildman–Crippen LogP) is 8.15. The molecular formula is C45H78NO13P. The van der Waals surface area contributed by atoms with Gasteiger partial charge in [0.1, 0.15) is 18.1 Å². The summed E-state index contributed by atoms with van der Waals surface area (Å²) in [6.07, 6.45) is 19.7. The van der Waals surface area contributed by atoms with Crippen molar-refractivity contribution in [1.29, 1.82) is 0 Å². The van der Waals surface area contributed by atoms with Crippen LogP contribution in [0.2, 0.25) is 0 Å². The van der Waals surface area contributed by atoms with Crippen molar-refractivity contribution in [1.82, 2.24) is 0 Å². The van der Waals surface area contributed by atoms with Crippen LogP contribution >= 0.6 is 7.82 Å². The molecule has 2 heterocycles. The first kappa shape index (κ1) is 53.7. The van der Waals surface area contributed by atoms with E-state index in [1.807, 2.05) is 12.2 Å². The number of nitrogens with two attached hydrogens (primary N) is 1. The molecule has 0 bridgehead atoms. The minimum Gasteiger partial charge on any atom is -0.466 e. The molecule has 346 valence electrons. The number of esters is 2. The summed E-state index contributed by atoms with van der Waals surface area (Å²) in [6.45, 7) is 7.50. The highest BCUT2D eigenvalue weighted by Crippen LogP contribution is 2.43. The molecule has 0 aromatic carbocycles. The molecule has 1 fully saturated rings. The Hall–Kier alpha value is -2.39. The number of allylic oxidation sites excluding steroid dienone is 2. The molecule has 2 unspecified atom stereocenters. The van der Waals surface area contributed by atoms with Crippen molar-refractivity contribution < 1.29 is 62.0 Å². The molecule has 1 aliphatic rings. The van der Waals surface area contributed by atoms with E-state index in [1.54, 1.807) is 12.2 Å². The van der Waals surface area contributed by atoms with Gasteiger partial charge in [0.05, 0.1) is 31.5 Å². The zero-order chi connectivity index (χ0) is 44.2. The number of rotatable bonds is 34. The third kappa shape index (κ3) is 23.2. The van der Waals surface area contributed by atoms with E-state index in [0.29, 0.717) is 32.1 Å². The summed E-state index contributed by atoms with van der Waals surface area (Å²) in [5.41, 5.74) is 7.94. The van der Waals surface area contributed by atoms with Crippen LogP contribution in [0, 0.1) is 19.8 Å². The topological polar surface area (TPSA) is 217 Å². The lowest BCUT2D eigenvalue weighted by atomic mass is 9.87. The molecule has 7 atom stereocenters. The summed E-state index contributed by atoms with van der Waals surface area (Å²) < 4.78 is 44.6. The van der Waals surface area contributed by atoms with Gasteiger partial charge in [-0.05, 0) is 69.9 Å². The molecule has 0 aliphatic carbocycles. The van der Waals surface area contributed by atoms with Crippen LogP contribution in [0.4, 0.5) is 0 Å². The lowest BCUT2D eigenvalue weighted by molar-refractivity contribution is -0.199. The summed E-state index contributed by atoms with van der Waals surface area (Å²) in [6, 6.07) is 0. The molecular weight excluding hydrogens is 793 g/mol. The van der Waals surface area contributed by atoms with Crippen molar-refractivity contribution in [2.24, 2.45) is 11.7 Å². The third-order valence-electron chi connectivity index (χ3n) is 10.8. The summed E-state index contributed by atoms with van der Waals surface area (Å²) >= 11 is 0. The Bertz CT molecular complexity index is 1430. The summed E-state index contributed by atoms with van der Waals surface area (Å²) in [4.78, 5) is 35.2. The number of carbonyl (C=O) groups is 2. The highest BCUT2D eigenvalue weighted by Gasteiger charge is 2.35. The smallest absolute Gasteiger partial charge is 0.466 e. The molecule has 2 rings (SSSR count). The standard InChI is InChI=1S/C45H78NO13P/c1-5-7-16-22-36(47)27-28-42-38(39(48)31-45(51)59-42)23-17-14-15-19-25-43(49)54-32-37(33-56-60(52,53)55-30-29-46)57-44(50)26-20-13-11-9-8-10-12-18-24-41-35(4)34(3)40(58-41)21-6-2/h14,17,27-28,36-39,42,45,47-48,51H,5-13,15-16,18-26,29-33,46H2,1-4H3,(H,52,53)/b17-14-,28-27+/t36-,37+,38-,39-,42+,45?/m0/s1. The van der Waals surface area contributed by atoms with Gasteiger partial charge < -0.3 is 44.6 Å². The molecule has 14 nitrogen and oxygen atoms in total. The third-order valence-corrected chi connectivity index (χ3v) is 11.8. The Morgan fingerprint density at radius 1 is 0.850 bits per heavy atom. The number of hydrogen-bond acceptors (Lipinski definition) is 13. The van der Waals surface area contributed by atoms with Gasteiger partial charge in [-0.2, -0.15) is 0 Å². The lowest BCUT2D eigenvalue weighted by Gasteiger charge is -2.36. The maximum absolute atomic E-state index is 12.7. The van der Waals surface area contributed by atoms with Gasteiger partial charge in [0.15, 0.2) is 12.4 Å². The number of unbranched alkanes of at least 4 members (excludes halogenated alkanes) is 10. The zero-order valence-electron chi connectivity index (χ0n) is 36.9. The van der Waals surface area contributed by atoms with E-state index >= 15 is 0 Å². The fourth-order valence-electron chi connectivity index (χ4n) is 7.13. The van der Waals surface area contributed by atoms with Crippen LogP contribution in [-0.4, -0.2) is 89.2 Å². The first-order valence-corrected chi connectivity index (χ1v) is 24.1. The second kappa shape index (κ2) is 31.4. The second-order valence-electron chi connectivity index (χ2n) is 16.0. The summed E-state index contributed by atoms with van der Waals surface area (Å²) in [7, 11) is -4.46. The van der Waals surface area contributed by atoms with E-state index < -0.39 is 57.1 Å². The number of phosphoric ester groups is 1. The second-order valence-corrected chi connectivity index (χ2v) is 17.5. The highest BCUT2D eigenvalue weighted by molar-refractivity contribution is 7.47. The average Bonchev–Trinajstić information content (AvgIpc) is 3.47. The number of hydrogen-bond donors (Lipinski definition) is 5. The first-order chi connectivity index (χ1) is 28.8. The van der Waals surface area contributed by atoms with Crippen LogP contribution in [0.3, 0.4) is 0 Å². The Labute approximate surface area is 359 Å². The normalized spacial score (nSPS) is 20.4. The number of phosphoric acid groups is 1. The van der Waals surface area contributed by atoms with Gasteiger partial charge in [0, 0.05) is 44.6 Å². The van der Waals surface area contributed by atoms with Crippen LogP contribution in [0.15, 0.2) is 28.7 Å². The van der Waals surface area contributed by atoms with Gasteiger partial charge in [0.25, 0.3) is 0 Å². The number of aliphatic hydroxyl groups excluding tert-OH is 3. The van der Waals surface area contributed by atoms with Gasteiger partial charge in [-0.3, -0.25) is 18.6 Å². The molecule has 1 aromatic rings. The van der Waals surface area contributed by atoms with Gasteiger partial charge in [-0.25, -0.2) is 4.57 Å². The SMILES string of the molecule is CCCCC[C@H](O)/C=C/[C@H]1OC(O)C[C@H](O)[C@@H]1C/C=C\CCCC(=O)OC[C@H](COP(=O)(O)OCCN)OC(=O)CCCCCCCCCCc1oc(CCC)c(C)c1C. The minimum absolute atomic E-state index is 0.00741. The Morgan fingerprint density at radius 3 is 2.20 bits per heavy atom. The van der Waals surface area contributed by atoms with Crippen LogP contribution in [0.25, 0.3) is 0 Å². The Morgan fingerprint density at radius 2 is 1.52 bits per heavy atom. The molecule has 6 N–H and O–H groups in total. The van der Waals surface area contributed by atoms with Crippen LogP contribution < -0.4 is 5.73 Å². The molecule has 1 saturated heterocycles. The lowest BCUT2D eigenvalue weighted by Crippen LogP contribution is -2.43. The molecule has 1 aromatic heterocycles. The van der Waals surface area contributed by atoms with E-state index in [2.05, 4.69) is 27.7 Å². The molecule has 0 amide bonds. The fraction of sp³-hybridized carbons (Fsp3) is 0.778. The monoisotopic (exact) mass is 872 g/mol. The van der Waals surface area contributed by atoms with E-state index in [-0.39, 0.29) is 44.9 Å². The van der Waals surface area contributed by atoms with E-state index in [4.69, 9.17) is 33.4 Å². The maximum atomic E-state index is 12.7. The van der Waals surface area contributed by atoms with Gasteiger partial charge in [-0.1, -0.05) is 95.9 Å². The molecule has 0 radical (unpaired) electrons. The molecule has 0 saturated carbocycles. The van der Waals surface area contributed by atoms with Gasteiger partial charge >= 0.3 is 19.8 Å². The fourth-order valence-corrected chi connectivity index (χ4v) is 7.90. The van der Waals surface area contributed by atoms with Gasteiger partial charge in [0.2, 0.25) is 0 Å². The van der Waals surface area contributed by atoms with Crippen molar-refractivity contribution in [2.45, 2.75) is 193 Å². The van der Waals surface area contributed by atoms with Crippen molar-refractivity contribution in [3.63, 3.8) is 0 Å². The zero-order valence-corrected chi connectivity index (χ0v) is 37.8. The summed E-state index contributed by atoms with van der Waals surface area (Å²) in [5.74, 6) is 0.895. The van der Waals surface area contributed by atoms with E-state index in [9.17, 15) is 34.4 Å². The predicted molar refractivity (Wildman–Crippen MR) is 231 cm³/mol. The van der Waals surface area contributed by atoms with Crippen molar-refractivity contribution in [2.75, 3.05) is 26.4 Å². The van der Waals surface area contributed by atoms with Crippen molar-refractivity contribution in [3.05, 3.63) is 47.0 Å². The first-order valence-electron chi connectivity index (χ1n) is 22.6. The summed E-state index contributed by atoms with van der Waals surface area (Å²) in [5, 5.41) is 31.0. The average molecular weight is 872 g/mol. The maximum Gasteiger partial charge on any atom is 0.472 e. The molecule has 60 heavy (non-hydrogen) atoms. The number of furan rings is 1. The molecule has 15 heteroatoms. The van der Waals surface area contributed by atoms with Crippen LogP contribution in [0.1, 0.15) is 158 Å². The minimum atomic E-state index is -4.46. The Balaban J connectivity index is 1.71. The van der Waals surface area contributed by atoms with E-state index in [1.165, 1.54) is 11.1 Å². The largest absolute Gasteiger partial charge is 0.472 e. The van der Waals surface area contributed by atoms with E-state index in [0.717, 1.165) is 95.0 Å². The number of aliphatic hydroxyl groups is 3. The number of carbonyl (C=O) groups excluding carboxylic acids is 2. The quantitative estimate of drug-likeness (QED) is 0.0191. The van der Waals surface area contributed by atoms with Crippen LogP contribution in [-0.2, 0) is 50.3 Å². The van der Waals surface area contributed by atoms with Crippen LogP contribution in [0.5, 0.6) is 0 Å². The number of ether oxygens (including phenoxy) is 3. The van der Waals surface area contributed by atoms with Crippen molar-refractivity contribution in [3.8, 4) is 0 Å². The number of aryl methyl sites for hydroxylation is 2. The molecule has 0 spiro atoms. The van der Waals surface area contributed by atoms with Crippen molar-refractivity contribution >= 4 is 19.8 Å². The van der Waals surface area contributed by atoms with Gasteiger partial charge in [-0.15, -0.1) is 0 Å². The Kier molecular flexibility index (Phi) is 28.2.